The molecule has 3 heterocycles. The molecule has 0 aliphatic carbocycles. The van der Waals surface area contributed by atoms with Crippen molar-refractivity contribution < 1.29 is 14.3 Å². The second kappa shape index (κ2) is 6.12. The third kappa shape index (κ3) is 2.99. The summed E-state index contributed by atoms with van der Waals surface area (Å²) in [4.78, 5) is 15.6. The molecule has 4 rings (SSSR count). The molecular formula is C17H18N2O3S. The van der Waals surface area contributed by atoms with Crippen molar-refractivity contribution in [2.75, 3.05) is 19.9 Å². The molecule has 0 atom stereocenters. The summed E-state index contributed by atoms with van der Waals surface area (Å²) in [5.74, 6) is 1.58. The number of ether oxygens (including phenoxy) is 2. The fourth-order valence-electron chi connectivity index (χ4n) is 2.94. The highest BCUT2D eigenvalue weighted by atomic mass is 32.1. The zero-order valence-corrected chi connectivity index (χ0v) is 13.5. The van der Waals surface area contributed by atoms with Gasteiger partial charge in [-0.1, -0.05) is 6.07 Å². The summed E-state index contributed by atoms with van der Waals surface area (Å²) in [5.41, 5.74) is 2.42. The van der Waals surface area contributed by atoms with Crippen LogP contribution in [0.4, 0.5) is 4.79 Å². The van der Waals surface area contributed by atoms with Crippen LogP contribution in [0.25, 0.3) is 0 Å². The van der Waals surface area contributed by atoms with E-state index in [1.54, 1.807) is 11.3 Å². The Morgan fingerprint density at radius 1 is 1.26 bits per heavy atom. The van der Waals surface area contributed by atoms with Crippen LogP contribution in [-0.2, 0) is 19.4 Å². The molecule has 23 heavy (non-hydrogen) atoms. The van der Waals surface area contributed by atoms with Gasteiger partial charge in [-0.3, -0.25) is 0 Å². The van der Waals surface area contributed by atoms with E-state index in [1.165, 1.54) is 10.4 Å². The Hall–Kier alpha value is -2.21. The number of carbonyl (C=O) groups is 1. The van der Waals surface area contributed by atoms with E-state index in [0.717, 1.165) is 36.4 Å². The lowest BCUT2D eigenvalue weighted by Crippen LogP contribution is -2.43. The summed E-state index contributed by atoms with van der Waals surface area (Å²) >= 11 is 1.78. The van der Waals surface area contributed by atoms with Crippen LogP contribution < -0.4 is 14.8 Å². The number of fused-ring (bicyclic) bond motifs is 2. The van der Waals surface area contributed by atoms with Gasteiger partial charge in [0.1, 0.15) is 0 Å². The first-order chi connectivity index (χ1) is 11.3. The summed E-state index contributed by atoms with van der Waals surface area (Å²) in [6, 6.07) is 8.04. The van der Waals surface area contributed by atoms with Gasteiger partial charge in [-0.2, -0.15) is 0 Å². The first-order valence-electron chi connectivity index (χ1n) is 7.76. The maximum absolute atomic E-state index is 12.3. The predicted octanol–water partition coefficient (Wildman–Crippen LogP) is 2.79. The Morgan fingerprint density at radius 3 is 3.13 bits per heavy atom. The van der Waals surface area contributed by atoms with Gasteiger partial charge in [-0.05, 0) is 47.5 Å². The molecule has 120 valence electrons. The van der Waals surface area contributed by atoms with Gasteiger partial charge in [0.05, 0.1) is 0 Å². The van der Waals surface area contributed by atoms with Crippen LogP contribution in [-0.4, -0.2) is 30.8 Å². The highest BCUT2D eigenvalue weighted by Crippen LogP contribution is 2.32. The monoisotopic (exact) mass is 330 g/mol. The second-order valence-electron chi connectivity index (χ2n) is 5.71. The summed E-state index contributed by atoms with van der Waals surface area (Å²) in [6.07, 6.45) is 1.74. The van der Waals surface area contributed by atoms with Crippen molar-refractivity contribution in [2.45, 2.75) is 19.4 Å². The number of urea groups is 1. The number of nitrogens with one attached hydrogen (secondary N) is 1. The predicted molar refractivity (Wildman–Crippen MR) is 88.1 cm³/mol. The maximum Gasteiger partial charge on any atom is 0.317 e. The molecule has 1 N–H and O–H groups in total. The number of carbonyl (C=O) groups excluding carboxylic acids is 1. The number of rotatable bonds is 3. The largest absolute Gasteiger partial charge is 0.454 e. The summed E-state index contributed by atoms with van der Waals surface area (Å²) in [7, 11) is 0. The molecule has 1 aromatic carbocycles. The van der Waals surface area contributed by atoms with Crippen molar-refractivity contribution in [3.63, 3.8) is 0 Å². The molecule has 0 radical (unpaired) electrons. The van der Waals surface area contributed by atoms with Crippen LogP contribution in [0.3, 0.4) is 0 Å². The van der Waals surface area contributed by atoms with Crippen molar-refractivity contribution >= 4 is 17.4 Å². The van der Waals surface area contributed by atoms with Gasteiger partial charge in [0.2, 0.25) is 6.79 Å². The minimum atomic E-state index is 0.0163. The van der Waals surface area contributed by atoms with Crippen molar-refractivity contribution in [1.29, 1.82) is 0 Å². The smallest absolute Gasteiger partial charge is 0.317 e. The molecule has 2 aliphatic rings. The minimum absolute atomic E-state index is 0.0163. The molecule has 0 unspecified atom stereocenters. The number of benzene rings is 1. The van der Waals surface area contributed by atoms with Crippen molar-refractivity contribution in [1.82, 2.24) is 10.2 Å². The zero-order valence-electron chi connectivity index (χ0n) is 12.7. The molecule has 0 saturated heterocycles. The molecule has 5 nitrogen and oxygen atoms in total. The molecule has 2 aromatic rings. The topological polar surface area (TPSA) is 50.8 Å². The molecular weight excluding hydrogens is 312 g/mol. The van der Waals surface area contributed by atoms with E-state index in [9.17, 15) is 4.79 Å². The minimum Gasteiger partial charge on any atom is -0.454 e. The van der Waals surface area contributed by atoms with Gasteiger partial charge in [-0.15, -0.1) is 11.3 Å². The van der Waals surface area contributed by atoms with Crippen LogP contribution >= 0.6 is 11.3 Å². The summed E-state index contributed by atoms with van der Waals surface area (Å²) < 4.78 is 10.7. The van der Waals surface area contributed by atoms with E-state index in [1.807, 2.05) is 23.1 Å². The molecule has 0 spiro atoms. The van der Waals surface area contributed by atoms with Gasteiger partial charge < -0.3 is 19.7 Å². The zero-order chi connectivity index (χ0) is 15.6. The molecule has 0 bridgehead atoms. The van der Waals surface area contributed by atoms with Crippen LogP contribution in [0.15, 0.2) is 29.6 Å². The van der Waals surface area contributed by atoms with Gasteiger partial charge >= 0.3 is 6.03 Å². The highest BCUT2D eigenvalue weighted by Gasteiger charge is 2.21. The fraction of sp³-hybridized carbons (Fsp3) is 0.353. The SMILES string of the molecule is O=C(NCCc1ccc2c(c1)OCO2)N1CCc2sccc2C1. The number of thiophene rings is 1. The number of hydrogen-bond donors (Lipinski definition) is 1. The average molecular weight is 330 g/mol. The normalized spacial score (nSPS) is 15.4. The Kier molecular flexibility index (Phi) is 3.83. The summed E-state index contributed by atoms with van der Waals surface area (Å²) in [5, 5.41) is 5.11. The van der Waals surface area contributed by atoms with Crippen molar-refractivity contribution in [2.24, 2.45) is 0 Å². The highest BCUT2D eigenvalue weighted by molar-refractivity contribution is 7.10. The quantitative estimate of drug-likeness (QED) is 0.941. The Bertz CT molecular complexity index is 728. The summed E-state index contributed by atoms with van der Waals surface area (Å²) in [6.45, 7) is 2.42. The lowest BCUT2D eigenvalue weighted by Gasteiger charge is -2.27. The molecule has 0 fully saturated rings. The third-order valence-electron chi connectivity index (χ3n) is 4.22. The van der Waals surface area contributed by atoms with Gasteiger partial charge in [0.15, 0.2) is 11.5 Å². The van der Waals surface area contributed by atoms with E-state index in [4.69, 9.17) is 9.47 Å². The molecule has 6 heteroatoms. The first kappa shape index (κ1) is 14.4. The third-order valence-corrected chi connectivity index (χ3v) is 5.24. The number of amides is 2. The van der Waals surface area contributed by atoms with E-state index in [-0.39, 0.29) is 12.8 Å². The van der Waals surface area contributed by atoms with Crippen LogP contribution in [0.2, 0.25) is 0 Å². The van der Waals surface area contributed by atoms with E-state index in [2.05, 4.69) is 16.8 Å². The van der Waals surface area contributed by atoms with Crippen molar-refractivity contribution in [3.8, 4) is 11.5 Å². The molecule has 2 amide bonds. The second-order valence-corrected chi connectivity index (χ2v) is 6.71. The standard InChI is InChI=1S/C17H18N2O3S/c20-17(19-7-4-16-13(10-19)5-8-23-16)18-6-3-12-1-2-14-15(9-12)22-11-21-14/h1-2,5,8-9H,3-4,6-7,10-11H2,(H,18,20). The first-order valence-corrected chi connectivity index (χ1v) is 8.64. The average Bonchev–Trinajstić information content (AvgIpc) is 3.22. The van der Waals surface area contributed by atoms with Gasteiger partial charge in [0.25, 0.3) is 0 Å². The number of nitrogens with zero attached hydrogens (tertiary/aromatic N) is 1. The van der Waals surface area contributed by atoms with E-state index in [0.29, 0.717) is 13.1 Å². The van der Waals surface area contributed by atoms with Crippen LogP contribution in [0.1, 0.15) is 16.0 Å². The van der Waals surface area contributed by atoms with Crippen LogP contribution in [0, 0.1) is 0 Å². The Morgan fingerprint density at radius 2 is 2.17 bits per heavy atom. The van der Waals surface area contributed by atoms with E-state index < -0.39 is 0 Å². The molecule has 0 saturated carbocycles. The Balaban J connectivity index is 1.29. The maximum atomic E-state index is 12.3. The lowest BCUT2D eigenvalue weighted by molar-refractivity contribution is 0.174. The lowest BCUT2D eigenvalue weighted by atomic mass is 10.1. The molecule has 1 aromatic heterocycles. The Labute approximate surface area is 138 Å². The molecule has 2 aliphatic heterocycles. The fourth-order valence-corrected chi connectivity index (χ4v) is 3.83. The van der Waals surface area contributed by atoms with Crippen LogP contribution in [0.5, 0.6) is 11.5 Å². The van der Waals surface area contributed by atoms with Gasteiger partial charge in [0, 0.05) is 24.5 Å². The van der Waals surface area contributed by atoms with E-state index >= 15 is 0 Å². The van der Waals surface area contributed by atoms with Gasteiger partial charge in [-0.25, -0.2) is 4.79 Å². The van der Waals surface area contributed by atoms with Crippen molar-refractivity contribution in [3.05, 3.63) is 45.6 Å². The number of hydrogen-bond acceptors (Lipinski definition) is 4.